The van der Waals surface area contributed by atoms with Crippen LogP contribution in [0.15, 0.2) is 34.5 Å². The third kappa shape index (κ3) is 4.66. The minimum absolute atomic E-state index is 0.104. The predicted molar refractivity (Wildman–Crippen MR) is 99.5 cm³/mol. The number of rotatable bonds is 6. The van der Waals surface area contributed by atoms with E-state index in [0.717, 1.165) is 25.2 Å². The fraction of sp³-hybridized carbons (Fsp3) is 0.412. The molecule has 1 amide bonds. The summed E-state index contributed by atoms with van der Waals surface area (Å²) in [7, 11) is 0. The average Bonchev–Trinajstić information content (AvgIpc) is 3.08. The van der Waals surface area contributed by atoms with Gasteiger partial charge in [-0.25, -0.2) is 5.48 Å². The van der Waals surface area contributed by atoms with Crippen molar-refractivity contribution in [1.29, 1.82) is 0 Å². The van der Waals surface area contributed by atoms with E-state index in [9.17, 15) is 9.59 Å². The van der Waals surface area contributed by atoms with Gasteiger partial charge >= 0.3 is 0 Å². The molecular weight excluding hydrogens is 358 g/mol. The maximum atomic E-state index is 11.9. The zero-order valence-electron chi connectivity index (χ0n) is 14.4. The fourth-order valence-corrected chi connectivity index (χ4v) is 2.96. The van der Waals surface area contributed by atoms with E-state index in [1.54, 1.807) is 6.92 Å². The maximum Gasteiger partial charge on any atom is 0.299 e. The van der Waals surface area contributed by atoms with Crippen LogP contribution in [0.25, 0.3) is 0 Å². The maximum absolute atomic E-state index is 11.9. The molecule has 2 aliphatic heterocycles. The SMILES string of the molecule is CC1=NN=C(C(=O)NOCNC2CCN(c3ccc(Cl)cc3)C2)C(=O)C1. The molecule has 3 rings (SSSR count). The van der Waals surface area contributed by atoms with Crippen molar-refractivity contribution in [2.24, 2.45) is 10.2 Å². The Morgan fingerprint density at radius 3 is 2.85 bits per heavy atom. The monoisotopic (exact) mass is 377 g/mol. The highest BCUT2D eigenvalue weighted by Crippen LogP contribution is 2.22. The summed E-state index contributed by atoms with van der Waals surface area (Å²) >= 11 is 5.91. The minimum atomic E-state index is -0.678. The van der Waals surface area contributed by atoms with E-state index in [0.29, 0.717) is 10.7 Å². The quantitative estimate of drug-likeness (QED) is 0.442. The van der Waals surface area contributed by atoms with Gasteiger partial charge in [-0.1, -0.05) is 11.6 Å². The molecule has 0 aromatic heterocycles. The molecule has 1 saturated heterocycles. The lowest BCUT2D eigenvalue weighted by Crippen LogP contribution is -2.41. The molecular formula is C17H20ClN5O3. The topological polar surface area (TPSA) is 95.4 Å². The minimum Gasteiger partial charge on any atom is -0.370 e. The molecule has 9 heteroatoms. The van der Waals surface area contributed by atoms with Gasteiger partial charge < -0.3 is 4.90 Å². The summed E-state index contributed by atoms with van der Waals surface area (Å²) in [5.74, 6) is -1.04. The number of hydroxylamine groups is 1. The lowest BCUT2D eigenvalue weighted by atomic mass is 10.1. The smallest absolute Gasteiger partial charge is 0.299 e. The zero-order valence-corrected chi connectivity index (χ0v) is 15.1. The number of amides is 1. The van der Waals surface area contributed by atoms with Crippen molar-refractivity contribution in [3.63, 3.8) is 0 Å². The van der Waals surface area contributed by atoms with Crippen molar-refractivity contribution in [3.8, 4) is 0 Å². The highest BCUT2D eigenvalue weighted by atomic mass is 35.5. The van der Waals surface area contributed by atoms with Crippen molar-refractivity contribution in [3.05, 3.63) is 29.3 Å². The summed E-state index contributed by atoms with van der Waals surface area (Å²) in [6, 6.07) is 7.97. The standard InChI is InChI=1S/C17H20ClN5O3/c1-11-8-15(24)16(21-20-11)17(25)22-26-10-19-13-6-7-23(9-13)14-4-2-12(18)3-5-14/h2-5,13,19H,6-10H2,1H3,(H,22,25). The van der Waals surface area contributed by atoms with E-state index in [4.69, 9.17) is 16.4 Å². The van der Waals surface area contributed by atoms with Crippen LogP contribution in [0.4, 0.5) is 5.69 Å². The Morgan fingerprint density at radius 1 is 1.35 bits per heavy atom. The molecule has 138 valence electrons. The summed E-state index contributed by atoms with van der Waals surface area (Å²) in [5.41, 5.74) is 3.70. The van der Waals surface area contributed by atoms with Gasteiger partial charge in [-0.15, -0.1) is 5.10 Å². The number of nitrogens with one attached hydrogen (secondary N) is 2. The van der Waals surface area contributed by atoms with Crippen LogP contribution in [0, 0.1) is 0 Å². The van der Waals surface area contributed by atoms with Crippen molar-refractivity contribution >= 4 is 40.4 Å². The second kappa shape index (κ2) is 8.39. The first kappa shape index (κ1) is 18.5. The van der Waals surface area contributed by atoms with E-state index in [1.807, 2.05) is 24.3 Å². The van der Waals surface area contributed by atoms with Gasteiger partial charge in [0.25, 0.3) is 5.91 Å². The number of Topliss-reactive ketones (excluding diaryl/α,β-unsaturated/α-hetero) is 1. The summed E-state index contributed by atoms with van der Waals surface area (Å²) in [4.78, 5) is 31.0. The van der Waals surface area contributed by atoms with Gasteiger partial charge in [0, 0.05) is 35.6 Å². The molecule has 1 fully saturated rings. The van der Waals surface area contributed by atoms with E-state index in [-0.39, 0.29) is 30.7 Å². The first-order valence-electron chi connectivity index (χ1n) is 8.33. The van der Waals surface area contributed by atoms with Gasteiger partial charge in [-0.05, 0) is 37.6 Å². The van der Waals surface area contributed by atoms with Crippen molar-refractivity contribution in [1.82, 2.24) is 10.8 Å². The van der Waals surface area contributed by atoms with Crippen LogP contribution in [0.3, 0.4) is 0 Å². The Kier molecular flexibility index (Phi) is 5.97. The van der Waals surface area contributed by atoms with Crippen LogP contribution >= 0.6 is 11.6 Å². The number of ketones is 1. The van der Waals surface area contributed by atoms with Crippen LogP contribution in [0.2, 0.25) is 5.02 Å². The lowest BCUT2D eigenvalue weighted by molar-refractivity contribution is -0.128. The number of carbonyl (C=O) groups excluding carboxylic acids is 2. The molecule has 0 spiro atoms. The van der Waals surface area contributed by atoms with Gasteiger partial charge in [0.05, 0.1) is 6.42 Å². The molecule has 2 aliphatic rings. The number of hydrogen-bond donors (Lipinski definition) is 2. The highest BCUT2D eigenvalue weighted by molar-refractivity contribution is 6.67. The normalized spacial score (nSPS) is 20.0. The summed E-state index contributed by atoms with van der Waals surface area (Å²) in [6.45, 7) is 3.58. The molecule has 1 aromatic carbocycles. The number of anilines is 1. The Hall–Kier alpha value is -2.29. The Morgan fingerprint density at radius 2 is 2.12 bits per heavy atom. The first-order valence-corrected chi connectivity index (χ1v) is 8.71. The molecule has 0 aliphatic carbocycles. The zero-order chi connectivity index (χ0) is 18.5. The largest absolute Gasteiger partial charge is 0.370 e. The summed E-state index contributed by atoms with van der Waals surface area (Å²) < 4.78 is 0. The van der Waals surface area contributed by atoms with Gasteiger partial charge in [0.15, 0.2) is 11.5 Å². The van der Waals surface area contributed by atoms with E-state index >= 15 is 0 Å². The molecule has 0 saturated carbocycles. The Balaban J connectivity index is 1.39. The molecule has 1 atom stereocenters. The number of carbonyl (C=O) groups is 2. The van der Waals surface area contributed by atoms with Gasteiger partial charge in [0.1, 0.15) is 6.73 Å². The van der Waals surface area contributed by atoms with Crippen molar-refractivity contribution in [2.45, 2.75) is 25.8 Å². The van der Waals surface area contributed by atoms with Crippen LogP contribution in [0.1, 0.15) is 19.8 Å². The third-order valence-electron chi connectivity index (χ3n) is 4.21. The van der Waals surface area contributed by atoms with Crippen LogP contribution in [-0.4, -0.2) is 49.0 Å². The highest BCUT2D eigenvalue weighted by Gasteiger charge is 2.25. The lowest BCUT2D eigenvalue weighted by Gasteiger charge is -2.19. The average molecular weight is 378 g/mol. The predicted octanol–water partition coefficient (Wildman–Crippen LogP) is 1.30. The summed E-state index contributed by atoms with van der Waals surface area (Å²) in [5, 5.41) is 11.3. The van der Waals surface area contributed by atoms with E-state index < -0.39 is 5.91 Å². The second-order valence-electron chi connectivity index (χ2n) is 6.22. The van der Waals surface area contributed by atoms with Gasteiger partial charge in [0.2, 0.25) is 0 Å². The molecule has 26 heavy (non-hydrogen) atoms. The third-order valence-corrected chi connectivity index (χ3v) is 4.46. The van der Waals surface area contributed by atoms with Crippen molar-refractivity contribution in [2.75, 3.05) is 24.7 Å². The fourth-order valence-electron chi connectivity index (χ4n) is 2.84. The molecule has 1 aromatic rings. The molecule has 2 N–H and O–H groups in total. The van der Waals surface area contributed by atoms with Gasteiger partial charge in [-0.2, -0.15) is 5.10 Å². The van der Waals surface area contributed by atoms with Crippen molar-refractivity contribution < 1.29 is 14.4 Å². The van der Waals surface area contributed by atoms with E-state index in [2.05, 4.69) is 25.9 Å². The van der Waals surface area contributed by atoms with Crippen LogP contribution < -0.4 is 15.7 Å². The Labute approximate surface area is 156 Å². The number of halogens is 1. The summed E-state index contributed by atoms with van der Waals surface area (Å²) in [6.07, 6.45) is 1.06. The Bertz CT molecular complexity index is 747. The first-order chi connectivity index (χ1) is 12.5. The molecule has 0 bridgehead atoms. The second-order valence-corrected chi connectivity index (χ2v) is 6.65. The van der Waals surface area contributed by atoms with Crippen LogP contribution in [0.5, 0.6) is 0 Å². The molecule has 0 radical (unpaired) electrons. The molecule has 1 unspecified atom stereocenters. The van der Waals surface area contributed by atoms with E-state index in [1.165, 1.54) is 0 Å². The number of nitrogens with zero attached hydrogens (tertiary/aromatic N) is 3. The molecule has 8 nitrogen and oxygen atoms in total. The van der Waals surface area contributed by atoms with Crippen LogP contribution in [-0.2, 0) is 14.4 Å². The number of benzene rings is 1. The van der Waals surface area contributed by atoms with Gasteiger partial charge in [-0.3, -0.25) is 19.7 Å². The number of hydrogen-bond acceptors (Lipinski definition) is 7. The molecule has 2 heterocycles.